The van der Waals surface area contributed by atoms with Gasteiger partial charge in [-0.2, -0.15) is 0 Å². The Morgan fingerprint density at radius 1 is 1.59 bits per heavy atom. The van der Waals surface area contributed by atoms with E-state index in [0.29, 0.717) is 13.0 Å². The zero-order valence-electron chi connectivity index (χ0n) is 10.6. The fourth-order valence-corrected chi connectivity index (χ4v) is 1.39. The van der Waals surface area contributed by atoms with Crippen molar-refractivity contribution >= 4 is 5.91 Å². The number of hydrogen-bond donors (Lipinski definition) is 2. The van der Waals surface area contributed by atoms with Gasteiger partial charge in [0.2, 0.25) is 5.82 Å². The van der Waals surface area contributed by atoms with Gasteiger partial charge in [0.25, 0.3) is 5.91 Å². The number of nitrogens with one attached hydrogen (secondary N) is 1. The summed E-state index contributed by atoms with van der Waals surface area (Å²) in [5.41, 5.74) is 0. The van der Waals surface area contributed by atoms with Crippen LogP contribution >= 0.6 is 0 Å². The van der Waals surface area contributed by atoms with E-state index in [1.165, 1.54) is 4.90 Å². The summed E-state index contributed by atoms with van der Waals surface area (Å²) in [7, 11) is 1.68. The van der Waals surface area contributed by atoms with E-state index >= 15 is 0 Å². The minimum Gasteiger partial charge on any atom is -0.393 e. The minimum absolute atomic E-state index is 0.196. The molecule has 96 valence electrons. The third-order valence-electron chi connectivity index (χ3n) is 2.44. The molecule has 1 atom stereocenters. The Morgan fingerprint density at radius 2 is 2.29 bits per heavy atom. The van der Waals surface area contributed by atoms with Crippen molar-refractivity contribution in [3.63, 3.8) is 0 Å². The first kappa shape index (κ1) is 13.6. The van der Waals surface area contributed by atoms with Crippen molar-refractivity contribution in [3.05, 3.63) is 11.6 Å². The number of aliphatic hydroxyl groups excluding tert-OH is 1. The van der Waals surface area contributed by atoms with Gasteiger partial charge in [-0.1, -0.05) is 6.92 Å². The average Bonchev–Trinajstić information content (AvgIpc) is 2.74. The number of amides is 1. The van der Waals surface area contributed by atoms with Gasteiger partial charge in [0.05, 0.1) is 6.10 Å². The van der Waals surface area contributed by atoms with E-state index in [9.17, 15) is 4.79 Å². The van der Waals surface area contributed by atoms with Gasteiger partial charge in [0, 0.05) is 20.0 Å². The molecule has 0 fully saturated rings. The fraction of sp³-hybridized carbons (Fsp3) is 0.727. The number of aliphatic hydroxyl groups is 1. The van der Waals surface area contributed by atoms with Crippen LogP contribution in [0, 0.1) is 0 Å². The molecule has 17 heavy (non-hydrogen) atoms. The topological polar surface area (TPSA) is 82.1 Å². The Balaban J connectivity index is 2.55. The van der Waals surface area contributed by atoms with Crippen LogP contribution in [0.3, 0.4) is 0 Å². The van der Waals surface area contributed by atoms with Crippen LogP contribution in [-0.2, 0) is 6.42 Å². The predicted molar refractivity (Wildman–Crippen MR) is 63.6 cm³/mol. The van der Waals surface area contributed by atoms with Crippen molar-refractivity contribution in [2.75, 3.05) is 13.6 Å². The lowest BCUT2D eigenvalue weighted by atomic mass is 10.3. The molecule has 0 radical (unpaired) electrons. The highest BCUT2D eigenvalue weighted by Crippen LogP contribution is 2.01. The van der Waals surface area contributed by atoms with E-state index in [-0.39, 0.29) is 11.7 Å². The number of hydrogen-bond acceptors (Lipinski definition) is 4. The molecule has 0 aliphatic rings. The highest BCUT2D eigenvalue weighted by molar-refractivity contribution is 5.90. The van der Waals surface area contributed by atoms with E-state index in [1.807, 2.05) is 6.92 Å². The van der Waals surface area contributed by atoms with Crippen LogP contribution in [0.5, 0.6) is 0 Å². The van der Waals surface area contributed by atoms with E-state index in [0.717, 1.165) is 18.7 Å². The molecule has 0 spiro atoms. The van der Waals surface area contributed by atoms with Gasteiger partial charge in [-0.3, -0.25) is 9.89 Å². The SMILES string of the molecule is CCCc1nc(C(=O)N(C)CCC(C)O)n[nH]1. The molecule has 0 saturated carbocycles. The molecular formula is C11H20N4O2. The summed E-state index contributed by atoms with van der Waals surface area (Å²) in [6, 6.07) is 0. The van der Waals surface area contributed by atoms with Crippen molar-refractivity contribution < 1.29 is 9.90 Å². The molecule has 0 aliphatic heterocycles. The standard InChI is InChI=1S/C11H20N4O2/c1-4-5-9-12-10(14-13-9)11(17)15(3)7-6-8(2)16/h8,16H,4-7H2,1-3H3,(H,12,13,14). The van der Waals surface area contributed by atoms with Crippen LogP contribution < -0.4 is 0 Å². The van der Waals surface area contributed by atoms with E-state index in [4.69, 9.17) is 5.11 Å². The lowest BCUT2D eigenvalue weighted by molar-refractivity contribution is 0.0757. The molecule has 1 amide bonds. The van der Waals surface area contributed by atoms with Gasteiger partial charge in [0.1, 0.15) is 5.82 Å². The zero-order chi connectivity index (χ0) is 12.8. The largest absolute Gasteiger partial charge is 0.393 e. The second kappa shape index (κ2) is 6.34. The van der Waals surface area contributed by atoms with Crippen molar-refractivity contribution in [2.24, 2.45) is 0 Å². The van der Waals surface area contributed by atoms with E-state index in [2.05, 4.69) is 15.2 Å². The van der Waals surface area contributed by atoms with Crippen LogP contribution in [0.2, 0.25) is 0 Å². The number of carbonyl (C=O) groups excluding carboxylic acids is 1. The van der Waals surface area contributed by atoms with E-state index in [1.54, 1.807) is 14.0 Å². The first-order valence-electron chi connectivity index (χ1n) is 5.89. The van der Waals surface area contributed by atoms with Crippen molar-refractivity contribution in [3.8, 4) is 0 Å². The third-order valence-corrected chi connectivity index (χ3v) is 2.44. The van der Waals surface area contributed by atoms with Crippen molar-refractivity contribution in [1.82, 2.24) is 20.1 Å². The second-order valence-electron chi connectivity index (χ2n) is 4.22. The number of nitrogens with zero attached hydrogens (tertiary/aromatic N) is 3. The monoisotopic (exact) mass is 240 g/mol. The van der Waals surface area contributed by atoms with Gasteiger partial charge < -0.3 is 10.0 Å². The summed E-state index contributed by atoms with van der Waals surface area (Å²) in [5.74, 6) is 0.713. The quantitative estimate of drug-likeness (QED) is 0.763. The molecule has 0 bridgehead atoms. The maximum atomic E-state index is 11.9. The summed E-state index contributed by atoms with van der Waals surface area (Å²) in [5, 5.41) is 15.8. The van der Waals surface area contributed by atoms with Crippen LogP contribution in [0.4, 0.5) is 0 Å². The van der Waals surface area contributed by atoms with Crippen molar-refractivity contribution in [1.29, 1.82) is 0 Å². The maximum absolute atomic E-state index is 11.9. The molecule has 1 unspecified atom stereocenters. The number of aromatic amines is 1. The highest BCUT2D eigenvalue weighted by Gasteiger charge is 2.17. The molecule has 0 aromatic carbocycles. The summed E-state index contributed by atoms with van der Waals surface area (Å²) in [6.07, 6.45) is 1.89. The van der Waals surface area contributed by atoms with Crippen LogP contribution in [0.15, 0.2) is 0 Å². The Hall–Kier alpha value is -1.43. The Kier molecular flexibility index (Phi) is 5.09. The van der Waals surface area contributed by atoms with Gasteiger partial charge in [-0.25, -0.2) is 4.98 Å². The number of aromatic nitrogens is 3. The van der Waals surface area contributed by atoms with Gasteiger partial charge in [-0.15, -0.1) is 5.10 Å². The average molecular weight is 240 g/mol. The Bertz CT molecular complexity index is 362. The van der Waals surface area contributed by atoms with Crippen LogP contribution in [0.1, 0.15) is 43.1 Å². The second-order valence-corrected chi connectivity index (χ2v) is 4.22. The summed E-state index contributed by atoms with van der Waals surface area (Å²) in [4.78, 5) is 17.5. The fourth-order valence-electron chi connectivity index (χ4n) is 1.39. The lowest BCUT2D eigenvalue weighted by Crippen LogP contribution is -2.30. The third kappa shape index (κ3) is 4.14. The van der Waals surface area contributed by atoms with E-state index < -0.39 is 6.10 Å². The van der Waals surface area contributed by atoms with Gasteiger partial charge in [-0.05, 0) is 19.8 Å². The predicted octanol–water partition coefficient (Wildman–Crippen LogP) is 0.600. The number of H-pyrrole nitrogens is 1. The molecule has 1 heterocycles. The summed E-state index contributed by atoms with van der Waals surface area (Å²) < 4.78 is 0. The summed E-state index contributed by atoms with van der Waals surface area (Å²) >= 11 is 0. The van der Waals surface area contributed by atoms with Gasteiger partial charge in [0.15, 0.2) is 0 Å². The summed E-state index contributed by atoms with van der Waals surface area (Å²) in [6.45, 7) is 4.23. The van der Waals surface area contributed by atoms with Crippen LogP contribution in [0.25, 0.3) is 0 Å². The Morgan fingerprint density at radius 3 is 2.88 bits per heavy atom. The smallest absolute Gasteiger partial charge is 0.293 e. The molecule has 0 saturated heterocycles. The minimum atomic E-state index is -0.409. The number of carbonyl (C=O) groups is 1. The molecule has 6 nitrogen and oxygen atoms in total. The molecule has 1 aromatic rings. The molecule has 0 aliphatic carbocycles. The normalized spacial score (nSPS) is 12.5. The molecular weight excluding hydrogens is 220 g/mol. The first-order valence-corrected chi connectivity index (χ1v) is 5.89. The number of rotatable bonds is 6. The van der Waals surface area contributed by atoms with Crippen LogP contribution in [-0.4, -0.2) is 50.8 Å². The lowest BCUT2D eigenvalue weighted by Gasteiger charge is -2.15. The number of aryl methyl sites for hydroxylation is 1. The molecule has 2 N–H and O–H groups in total. The molecule has 1 aromatic heterocycles. The maximum Gasteiger partial charge on any atom is 0.293 e. The van der Waals surface area contributed by atoms with Crippen molar-refractivity contribution in [2.45, 2.75) is 39.2 Å². The molecule has 6 heteroatoms. The molecule has 1 rings (SSSR count). The Labute approximate surface area is 101 Å². The first-order chi connectivity index (χ1) is 8.04. The highest BCUT2D eigenvalue weighted by atomic mass is 16.3. The zero-order valence-corrected chi connectivity index (χ0v) is 10.6. The van der Waals surface area contributed by atoms with Gasteiger partial charge >= 0.3 is 0 Å².